The summed E-state index contributed by atoms with van der Waals surface area (Å²) in [6.45, 7) is 2.25. The zero-order chi connectivity index (χ0) is 25.5. The molecule has 2 aromatic carbocycles. The molecule has 0 fully saturated rings. The summed E-state index contributed by atoms with van der Waals surface area (Å²) in [4.78, 5) is 19.8. The minimum absolute atomic E-state index is 0.171. The molecule has 3 aromatic heterocycles. The van der Waals surface area contributed by atoms with Gasteiger partial charge in [0, 0.05) is 23.6 Å². The minimum Gasteiger partial charge on any atom is -0.497 e. The van der Waals surface area contributed by atoms with Crippen molar-refractivity contribution < 1.29 is 23.7 Å². The molecule has 0 saturated heterocycles. The van der Waals surface area contributed by atoms with Gasteiger partial charge >= 0.3 is 6.16 Å². The predicted molar refractivity (Wildman–Crippen MR) is 134 cm³/mol. The number of nitrogens with zero attached hydrogens (tertiary/aromatic N) is 5. The molecule has 1 N–H and O–H groups in total. The van der Waals surface area contributed by atoms with Crippen molar-refractivity contribution in [1.82, 2.24) is 29.3 Å². The van der Waals surface area contributed by atoms with Crippen molar-refractivity contribution in [1.29, 1.82) is 0 Å². The number of H-pyrrole nitrogens is 1. The molecular weight excluding hydrogens is 476 g/mol. The summed E-state index contributed by atoms with van der Waals surface area (Å²) >= 11 is 0. The van der Waals surface area contributed by atoms with E-state index < -0.39 is 6.16 Å². The van der Waals surface area contributed by atoms with Crippen molar-refractivity contribution in [3.63, 3.8) is 0 Å². The third-order valence-electron chi connectivity index (χ3n) is 6.44. The van der Waals surface area contributed by atoms with Crippen molar-refractivity contribution in [3.8, 4) is 34.5 Å². The summed E-state index contributed by atoms with van der Waals surface area (Å²) in [6.07, 6.45) is 3.30. The molecule has 0 spiro atoms. The van der Waals surface area contributed by atoms with Gasteiger partial charge in [0.2, 0.25) is 5.88 Å². The van der Waals surface area contributed by atoms with Crippen LogP contribution in [0.25, 0.3) is 28.0 Å². The normalized spacial score (nSPS) is 11.9. The number of para-hydroxylation sites is 1. The number of rotatable bonds is 6. The highest BCUT2D eigenvalue weighted by molar-refractivity contribution is 5.88. The van der Waals surface area contributed by atoms with Gasteiger partial charge in [-0.2, -0.15) is 0 Å². The molecule has 1 aliphatic heterocycles. The van der Waals surface area contributed by atoms with E-state index in [2.05, 4.69) is 20.2 Å². The van der Waals surface area contributed by atoms with Crippen LogP contribution in [-0.2, 0) is 17.7 Å². The Balaban J connectivity index is 1.48. The predicted octanol–water partition coefficient (Wildman–Crippen LogP) is 4.12. The Morgan fingerprint density at radius 3 is 2.84 bits per heavy atom. The molecule has 6 rings (SSSR count). The Morgan fingerprint density at radius 1 is 1.14 bits per heavy atom. The largest absolute Gasteiger partial charge is 0.515 e. The van der Waals surface area contributed by atoms with Gasteiger partial charge in [-0.15, -0.1) is 10.2 Å². The lowest BCUT2D eigenvalue weighted by Crippen LogP contribution is -2.14. The van der Waals surface area contributed by atoms with E-state index in [1.54, 1.807) is 27.5 Å². The van der Waals surface area contributed by atoms with E-state index in [1.165, 1.54) is 0 Å². The van der Waals surface area contributed by atoms with Gasteiger partial charge in [0.05, 0.1) is 38.6 Å². The number of imidazole rings is 1. The maximum absolute atomic E-state index is 12.1. The lowest BCUT2D eigenvalue weighted by atomic mass is 10.1. The van der Waals surface area contributed by atoms with E-state index in [0.29, 0.717) is 30.2 Å². The fraction of sp³-hybridized carbons (Fsp3) is 0.231. The van der Waals surface area contributed by atoms with E-state index in [9.17, 15) is 4.79 Å². The molecule has 0 atom stereocenters. The maximum atomic E-state index is 12.1. The quantitative estimate of drug-likeness (QED) is 0.339. The Hall–Kier alpha value is -4.80. The second-order valence-corrected chi connectivity index (χ2v) is 8.43. The molecular formula is C26H24N6O5. The first-order valence-corrected chi connectivity index (χ1v) is 11.8. The number of benzene rings is 2. The third-order valence-corrected chi connectivity index (χ3v) is 6.44. The van der Waals surface area contributed by atoms with Gasteiger partial charge in [0.25, 0.3) is 0 Å². The molecule has 188 valence electrons. The molecule has 0 unspecified atom stereocenters. The number of aromatic nitrogens is 6. The number of carbonyl (C=O) groups is 1. The molecule has 37 heavy (non-hydrogen) atoms. The second kappa shape index (κ2) is 9.01. The highest BCUT2D eigenvalue weighted by atomic mass is 16.7. The minimum atomic E-state index is -0.805. The van der Waals surface area contributed by atoms with Crippen LogP contribution in [0.2, 0.25) is 0 Å². The van der Waals surface area contributed by atoms with Gasteiger partial charge in [-0.1, -0.05) is 12.1 Å². The van der Waals surface area contributed by atoms with Gasteiger partial charge in [-0.05, 0) is 36.8 Å². The topological polar surface area (TPSA) is 118 Å². The van der Waals surface area contributed by atoms with Crippen LogP contribution in [0.15, 0.2) is 48.9 Å². The van der Waals surface area contributed by atoms with Gasteiger partial charge in [-0.25, -0.2) is 9.78 Å². The van der Waals surface area contributed by atoms with Gasteiger partial charge in [-0.3, -0.25) is 4.57 Å². The van der Waals surface area contributed by atoms with Crippen LogP contribution in [0, 0.1) is 0 Å². The van der Waals surface area contributed by atoms with Crippen LogP contribution in [-0.4, -0.2) is 56.3 Å². The number of fused-ring (bicyclic) bond motifs is 6. The van der Waals surface area contributed by atoms with E-state index in [-0.39, 0.29) is 12.5 Å². The Morgan fingerprint density at radius 2 is 2.03 bits per heavy atom. The Kier molecular flexibility index (Phi) is 5.52. The van der Waals surface area contributed by atoms with Crippen molar-refractivity contribution in [3.05, 3.63) is 66.0 Å². The lowest BCUT2D eigenvalue weighted by molar-refractivity contribution is 0.102. The average molecular weight is 501 g/mol. The van der Waals surface area contributed by atoms with Crippen LogP contribution in [0.5, 0.6) is 17.4 Å². The lowest BCUT2D eigenvalue weighted by Gasteiger charge is -2.10. The zero-order valence-corrected chi connectivity index (χ0v) is 20.5. The second-order valence-electron chi connectivity index (χ2n) is 8.43. The third kappa shape index (κ3) is 3.75. The fourth-order valence-electron chi connectivity index (χ4n) is 4.70. The Labute approximate surface area is 211 Å². The summed E-state index contributed by atoms with van der Waals surface area (Å²) in [5.74, 6) is 3.04. The summed E-state index contributed by atoms with van der Waals surface area (Å²) in [5, 5.41) is 10.2. The number of hydrogen-bond acceptors (Lipinski definition) is 8. The van der Waals surface area contributed by atoms with Crippen molar-refractivity contribution in [2.75, 3.05) is 20.8 Å². The van der Waals surface area contributed by atoms with Crippen LogP contribution in [0.4, 0.5) is 4.79 Å². The molecule has 5 aromatic rings. The first-order valence-electron chi connectivity index (χ1n) is 11.8. The standard InChI is InChI=1S/C26H24N6O5/c1-4-36-26(33)37-25-20-13-31-22(10-15-12-27-23-17(15)6-5-7-21(23)35-3)29-30-24(31)18-11-16(34-2)8-9-19(18)32(20)14-28-25/h5-9,11-12,14,27H,4,10,13H2,1-3H3. The first kappa shape index (κ1) is 22.7. The van der Waals surface area contributed by atoms with Crippen molar-refractivity contribution in [2.45, 2.75) is 19.9 Å². The number of carbonyl (C=O) groups excluding carboxylic acids is 1. The molecule has 0 aliphatic carbocycles. The van der Waals surface area contributed by atoms with Crippen LogP contribution in [0.3, 0.4) is 0 Å². The van der Waals surface area contributed by atoms with Crippen LogP contribution in [0.1, 0.15) is 24.0 Å². The molecule has 0 saturated carbocycles. The highest BCUT2D eigenvalue weighted by Crippen LogP contribution is 2.37. The number of ether oxygens (including phenoxy) is 4. The van der Waals surface area contributed by atoms with Crippen molar-refractivity contribution in [2.24, 2.45) is 0 Å². The average Bonchev–Trinajstić information content (AvgIpc) is 3.60. The molecule has 4 heterocycles. The highest BCUT2D eigenvalue weighted by Gasteiger charge is 2.28. The molecule has 1 aliphatic rings. The van der Waals surface area contributed by atoms with Gasteiger partial charge < -0.3 is 28.5 Å². The summed E-state index contributed by atoms with van der Waals surface area (Å²) in [6, 6.07) is 11.6. The van der Waals surface area contributed by atoms with Gasteiger partial charge in [0.15, 0.2) is 5.82 Å². The SMILES string of the molecule is CCOC(=O)Oc1ncn2c1Cn1c(Cc3c[nH]c4c(OC)cccc34)nnc1-c1cc(OC)ccc1-2. The van der Waals surface area contributed by atoms with Crippen LogP contribution < -0.4 is 14.2 Å². The van der Waals surface area contributed by atoms with Crippen molar-refractivity contribution >= 4 is 17.1 Å². The monoisotopic (exact) mass is 500 g/mol. The van der Waals surface area contributed by atoms with E-state index >= 15 is 0 Å². The summed E-state index contributed by atoms with van der Waals surface area (Å²) in [7, 11) is 3.27. The molecule has 0 radical (unpaired) electrons. The van der Waals surface area contributed by atoms with E-state index in [4.69, 9.17) is 18.9 Å². The van der Waals surface area contributed by atoms with E-state index in [1.807, 2.05) is 51.7 Å². The summed E-state index contributed by atoms with van der Waals surface area (Å²) < 4.78 is 25.3. The number of hydrogen-bond donors (Lipinski definition) is 1. The number of methoxy groups -OCH3 is 2. The molecule has 11 nitrogen and oxygen atoms in total. The number of aromatic amines is 1. The smallest absolute Gasteiger partial charge is 0.497 e. The number of nitrogens with one attached hydrogen (secondary N) is 1. The fourth-order valence-corrected chi connectivity index (χ4v) is 4.70. The zero-order valence-electron chi connectivity index (χ0n) is 20.5. The molecule has 0 bridgehead atoms. The summed E-state index contributed by atoms with van der Waals surface area (Å²) in [5.41, 5.74) is 4.28. The van der Waals surface area contributed by atoms with Crippen LogP contribution >= 0.6 is 0 Å². The van der Waals surface area contributed by atoms with Gasteiger partial charge in [0.1, 0.15) is 29.3 Å². The first-order chi connectivity index (χ1) is 18.1. The maximum Gasteiger partial charge on any atom is 0.515 e. The Bertz CT molecular complexity index is 1630. The van der Waals surface area contributed by atoms with E-state index in [0.717, 1.165) is 39.3 Å². The molecule has 11 heteroatoms. The molecule has 0 amide bonds.